The van der Waals surface area contributed by atoms with Crippen LogP contribution >= 0.6 is 11.9 Å². The average Bonchev–Trinajstić information content (AvgIpc) is 3.54. The van der Waals surface area contributed by atoms with Gasteiger partial charge in [-0.1, -0.05) is 56.3 Å². The van der Waals surface area contributed by atoms with Crippen molar-refractivity contribution in [2.75, 3.05) is 42.5 Å². The lowest BCUT2D eigenvalue weighted by Crippen LogP contribution is -2.37. The summed E-state index contributed by atoms with van der Waals surface area (Å²) in [6, 6.07) is 12.9. The van der Waals surface area contributed by atoms with Gasteiger partial charge in [-0.05, 0) is 39.3 Å². The Kier molecular flexibility index (Phi) is 10.8. The first kappa shape index (κ1) is 37.0. The van der Waals surface area contributed by atoms with Gasteiger partial charge in [0.2, 0.25) is 5.88 Å². The van der Waals surface area contributed by atoms with Crippen molar-refractivity contribution >= 4 is 23.6 Å². The van der Waals surface area contributed by atoms with E-state index in [1.165, 1.54) is 53.3 Å². The third-order valence-electron chi connectivity index (χ3n) is 8.49. The normalized spacial score (nSPS) is 15.8. The van der Waals surface area contributed by atoms with Gasteiger partial charge in [-0.3, -0.25) is 0 Å². The van der Waals surface area contributed by atoms with E-state index in [0.29, 0.717) is 30.4 Å². The van der Waals surface area contributed by atoms with E-state index in [1.807, 2.05) is 25.1 Å². The minimum atomic E-state index is -4.50. The molecule has 0 aliphatic carbocycles. The molecule has 4 aromatic rings. The van der Waals surface area contributed by atoms with Gasteiger partial charge in [0.05, 0.1) is 11.6 Å². The second kappa shape index (κ2) is 14.5. The van der Waals surface area contributed by atoms with Crippen molar-refractivity contribution in [3.63, 3.8) is 0 Å². The summed E-state index contributed by atoms with van der Waals surface area (Å²) < 4.78 is 87.5. The summed E-state index contributed by atoms with van der Waals surface area (Å²) in [5, 5.41) is 4.89. The standard InChI is InChI=1S/C35H40F5N7O2S/c1-23(2)32(3,4)20-46-16-10-18-48-22-34(36,37)25-12-8-7-11-24(25)30-31(41-19-26(42-30)45-50-29-14-9-13-27(46)43-29)47-17-15-28(44-47)49-21-33(5,6)35(38,39)40/h7-9,11-15,17,19H,1,10,16,18,20-22H2,2-6H3,(H,42,45). The van der Waals surface area contributed by atoms with Crippen LogP contribution in [0.3, 0.4) is 0 Å². The second-order valence-corrected chi connectivity index (χ2v) is 14.3. The molecule has 5 rings (SSSR count). The van der Waals surface area contributed by atoms with Crippen molar-refractivity contribution in [1.29, 1.82) is 0 Å². The van der Waals surface area contributed by atoms with Gasteiger partial charge in [-0.15, -0.1) is 5.10 Å². The zero-order valence-corrected chi connectivity index (χ0v) is 29.3. The molecule has 0 saturated carbocycles. The monoisotopic (exact) mass is 717 g/mol. The Morgan fingerprint density at radius 2 is 1.82 bits per heavy atom. The molecule has 0 atom stereocenters. The van der Waals surface area contributed by atoms with Crippen LogP contribution in [0.5, 0.6) is 5.88 Å². The van der Waals surface area contributed by atoms with Crippen molar-refractivity contribution < 1.29 is 31.4 Å². The molecule has 9 nitrogen and oxygen atoms in total. The van der Waals surface area contributed by atoms with Crippen LogP contribution in [-0.4, -0.2) is 63.8 Å². The quantitative estimate of drug-likeness (QED) is 0.115. The van der Waals surface area contributed by atoms with Gasteiger partial charge in [-0.2, -0.15) is 22.0 Å². The highest BCUT2D eigenvalue weighted by molar-refractivity contribution is 8.00. The first-order valence-corrected chi connectivity index (χ1v) is 16.8. The Morgan fingerprint density at radius 3 is 2.56 bits per heavy atom. The van der Waals surface area contributed by atoms with Gasteiger partial charge in [0.25, 0.3) is 5.92 Å². The van der Waals surface area contributed by atoms with Crippen molar-refractivity contribution in [2.24, 2.45) is 10.8 Å². The van der Waals surface area contributed by atoms with Crippen LogP contribution in [0.2, 0.25) is 0 Å². The van der Waals surface area contributed by atoms with Crippen LogP contribution in [0.4, 0.5) is 33.6 Å². The summed E-state index contributed by atoms with van der Waals surface area (Å²) in [4.78, 5) is 16.2. The van der Waals surface area contributed by atoms with Gasteiger partial charge >= 0.3 is 6.18 Å². The molecule has 0 amide bonds. The van der Waals surface area contributed by atoms with E-state index in [9.17, 15) is 13.2 Å². The minimum Gasteiger partial charge on any atom is -0.476 e. The van der Waals surface area contributed by atoms with E-state index >= 15 is 8.78 Å². The third kappa shape index (κ3) is 8.55. The lowest BCUT2D eigenvalue weighted by molar-refractivity contribution is -0.219. The van der Waals surface area contributed by atoms with Gasteiger partial charge in [-0.25, -0.2) is 19.6 Å². The molecule has 1 aliphatic rings. The Hall–Kier alpha value is -4.24. The molecule has 0 radical (unpaired) electrons. The largest absolute Gasteiger partial charge is 0.476 e. The number of nitrogens with zero attached hydrogens (tertiary/aromatic N) is 6. The number of hydrogen-bond acceptors (Lipinski definition) is 9. The first-order chi connectivity index (χ1) is 23.5. The molecular formula is C35H40F5N7O2S. The number of hydrogen-bond donors (Lipinski definition) is 1. The molecule has 268 valence electrons. The van der Waals surface area contributed by atoms with E-state index in [-0.39, 0.29) is 46.4 Å². The number of ether oxygens (including phenoxy) is 2. The van der Waals surface area contributed by atoms with Crippen LogP contribution < -0.4 is 14.4 Å². The Bertz CT molecular complexity index is 1810. The second-order valence-electron chi connectivity index (χ2n) is 13.5. The van der Waals surface area contributed by atoms with Crippen molar-refractivity contribution in [3.8, 4) is 23.0 Å². The van der Waals surface area contributed by atoms with Gasteiger partial charge in [0.15, 0.2) is 11.6 Å². The Balaban J connectivity index is 1.53. The van der Waals surface area contributed by atoms with Crippen LogP contribution in [0.15, 0.2) is 78.1 Å². The summed E-state index contributed by atoms with van der Waals surface area (Å²) in [5.74, 6) is -2.50. The number of rotatable bonds is 7. The van der Waals surface area contributed by atoms with Gasteiger partial charge in [0, 0.05) is 60.4 Å². The zero-order chi connectivity index (χ0) is 36.3. The molecule has 0 fully saturated rings. The summed E-state index contributed by atoms with van der Waals surface area (Å²) in [7, 11) is 0. The highest BCUT2D eigenvalue weighted by atomic mass is 32.2. The zero-order valence-electron chi connectivity index (χ0n) is 28.5. The molecule has 4 bridgehead atoms. The lowest BCUT2D eigenvalue weighted by atomic mass is 9.85. The molecule has 1 N–H and O–H groups in total. The van der Waals surface area contributed by atoms with E-state index in [4.69, 9.17) is 14.5 Å². The highest BCUT2D eigenvalue weighted by Gasteiger charge is 2.48. The number of fused-ring (bicyclic) bond motifs is 6. The lowest BCUT2D eigenvalue weighted by Gasteiger charge is -2.34. The smallest absolute Gasteiger partial charge is 0.397 e. The molecule has 1 aromatic carbocycles. The maximum Gasteiger partial charge on any atom is 0.397 e. The van der Waals surface area contributed by atoms with Crippen LogP contribution in [-0.2, 0) is 10.7 Å². The van der Waals surface area contributed by atoms with Crippen LogP contribution in [0.1, 0.15) is 46.6 Å². The van der Waals surface area contributed by atoms with Crippen molar-refractivity contribution in [1.82, 2.24) is 24.7 Å². The van der Waals surface area contributed by atoms with Gasteiger partial charge in [0.1, 0.15) is 29.8 Å². The minimum absolute atomic E-state index is 0.0513. The van der Waals surface area contributed by atoms with E-state index < -0.39 is 30.7 Å². The van der Waals surface area contributed by atoms with E-state index in [0.717, 1.165) is 19.4 Å². The highest BCUT2D eigenvalue weighted by Crippen LogP contribution is 2.40. The maximum absolute atomic E-state index is 16.0. The van der Waals surface area contributed by atoms with Crippen LogP contribution in [0.25, 0.3) is 17.1 Å². The van der Waals surface area contributed by atoms with E-state index in [2.05, 4.69) is 45.1 Å². The number of pyridine rings is 1. The molecule has 0 spiro atoms. The van der Waals surface area contributed by atoms with Crippen molar-refractivity contribution in [2.45, 2.75) is 58.2 Å². The number of alkyl halides is 5. The van der Waals surface area contributed by atoms with E-state index in [1.54, 1.807) is 6.07 Å². The Labute approximate surface area is 292 Å². The third-order valence-corrected chi connectivity index (χ3v) is 9.24. The molecule has 3 aromatic heterocycles. The summed E-state index contributed by atoms with van der Waals surface area (Å²) in [5.41, 5.74) is -1.58. The fraction of sp³-hybridized carbons (Fsp3) is 0.429. The summed E-state index contributed by atoms with van der Waals surface area (Å²) in [6.07, 6.45) is -1.20. The number of halogens is 5. The molecule has 4 heterocycles. The fourth-order valence-corrected chi connectivity index (χ4v) is 5.48. The fourth-order valence-electron chi connectivity index (χ4n) is 4.89. The SMILES string of the molecule is C=C(C)C(C)(C)CN1CCCOCC(F)(F)c2ccccc2-c2nc(cnc2-n2ccc(OCC(C)(C)C(F)(F)F)n2)NSc2cccc1n2. The van der Waals surface area contributed by atoms with Crippen molar-refractivity contribution in [3.05, 3.63) is 78.6 Å². The number of benzene rings is 1. The summed E-state index contributed by atoms with van der Waals surface area (Å²) in [6.45, 7) is 12.0. The van der Waals surface area contributed by atoms with Crippen LogP contribution in [0, 0.1) is 10.8 Å². The first-order valence-electron chi connectivity index (χ1n) is 16.0. The topological polar surface area (TPSA) is 90.2 Å². The van der Waals surface area contributed by atoms with Gasteiger partial charge < -0.3 is 19.1 Å². The average molecular weight is 718 g/mol. The molecule has 15 heteroatoms. The number of nitrogens with one attached hydrogen (secondary N) is 1. The molecular weight excluding hydrogens is 677 g/mol. The maximum atomic E-state index is 16.0. The Morgan fingerprint density at radius 1 is 1.06 bits per heavy atom. The number of anilines is 2. The molecule has 1 aliphatic heterocycles. The molecule has 50 heavy (non-hydrogen) atoms. The number of aromatic nitrogens is 5. The summed E-state index contributed by atoms with van der Waals surface area (Å²) >= 11 is 1.18. The molecule has 0 saturated heterocycles. The predicted octanol–water partition coefficient (Wildman–Crippen LogP) is 8.73. The molecule has 0 unspecified atom stereocenters. The predicted molar refractivity (Wildman–Crippen MR) is 184 cm³/mol.